The minimum atomic E-state index is -0.640. The van der Waals surface area contributed by atoms with Gasteiger partial charge < -0.3 is 14.8 Å². The summed E-state index contributed by atoms with van der Waals surface area (Å²) in [5.74, 6) is -0.203. The molecule has 0 atom stereocenters. The predicted octanol–water partition coefficient (Wildman–Crippen LogP) is 4.22. The van der Waals surface area contributed by atoms with Gasteiger partial charge in [0.25, 0.3) is 11.6 Å². The molecule has 132 valence electrons. The zero-order chi connectivity index (χ0) is 18.6. The van der Waals surface area contributed by atoms with E-state index in [9.17, 15) is 14.9 Å². The largest absolute Gasteiger partial charge is 0.493 e. The molecule has 7 nitrogen and oxygen atoms in total. The molecule has 0 radical (unpaired) electrons. The van der Waals surface area contributed by atoms with E-state index in [1.54, 1.807) is 32.0 Å². The Labute approximate surface area is 149 Å². The Kier molecular flexibility index (Phi) is 5.82. The molecule has 0 aliphatic carbocycles. The molecule has 0 aliphatic heterocycles. The van der Waals surface area contributed by atoms with Crippen molar-refractivity contribution in [3.8, 4) is 11.5 Å². The average Bonchev–Trinajstić information content (AvgIpc) is 2.57. The van der Waals surface area contributed by atoms with Gasteiger partial charge in [-0.15, -0.1) is 0 Å². The molecule has 0 unspecified atom stereocenters. The maximum Gasteiger partial charge on any atom is 0.286 e. The van der Waals surface area contributed by atoms with Crippen LogP contribution in [0.1, 0.15) is 22.8 Å². The number of amides is 1. The first-order chi connectivity index (χ1) is 11.9. The quantitative estimate of drug-likeness (QED) is 0.612. The summed E-state index contributed by atoms with van der Waals surface area (Å²) in [5.41, 5.74) is 0.740. The zero-order valence-corrected chi connectivity index (χ0v) is 14.7. The smallest absolute Gasteiger partial charge is 0.286 e. The number of nitrogens with zero attached hydrogens (tertiary/aromatic N) is 1. The maximum absolute atomic E-state index is 12.6. The summed E-state index contributed by atoms with van der Waals surface area (Å²) in [6.07, 6.45) is 0. The maximum atomic E-state index is 12.6. The minimum Gasteiger partial charge on any atom is -0.493 e. The van der Waals surface area contributed by atoms with Crippen LogP contribution in [0.4, 0.5) is 11.4 Å². The van der Waals surface area contributed by atoms with Crippen molar-refractivity contribution in [2.45, 2.75) is 13.8 Å². The molecule has 1 amide bonds. The van der Waals surface area contributed by atoms with Gasteiger partial charge in [-0.3, -0.25) is 14.9 Å². The van der Waals surface area contributed by atoms with E-state index in [4.69, 9.17) is 21.1 Å². The molecule has 0 fully saturated rings. The normalized spacial score (nSPS) is 10.2. The second-order valence-electron chi connectivity index (χ2n) is 5.12. The van der Waals surface area contributed by atoms with Crippen LogP contribution in [0, 0.1) is 17.0 Å². The van der Waals surface area contributed by atoms with Gasteiger partial charge in [0.1, 0.15) is 5.56 Å². The average molecular weight is 365 g/mol. The summed E-state index contributed by atoms with van der Waals surface area (Å²) < 4.78 is 10.5. The molecule has 25 heavy (non-hydrogen) atoms. The van der Waals surface area contributed by atoms with Gasteiger partial charge >= 0.3 is 0 Å². The highest BCUT2D eigenvalue weighted by molar-refractivity contribution is 6.31. The third-order valence-corrected chi connectivity index (χ3v) is 3.71. The Morgan fingerprint density at radius 2 is 2.00 bits per heavy atom. The number of carbonyl (C=O) groups excluding carboxylic acids is 1. The van der Waals surface area contributed by atoms with E-state index in [-0.39, 0.29) is 22.7 Å². The Hall–Kier alpha value is -2.80. The number of halogens is 1. The lowest BCUT2D eigenvalue weighted by Gasteiger charge is -2.13. The van der Waals surface area contributed by atoms with E-state index in [2.05, 4.69) is 5.32 Å². The van der Waals surface area contributed by atoms with Crippen molar-refractivity contribution in [1.29, 1.82) is 0 Å². The molecule has 8 heteroatoms. The van der Waals surface area contributed by atoms with Crippen LogP contribution in [0.25, 0.3) is 0 Å². The number of nitro benzene ring substituents is 1. The summed E-state index contributed by atoms with van der Waals surface area (Å²) in [6.45, 7) is 3.84. The van der Waals surface area contributed by atoms with Gasteiger partial charge in [0.2, 0.25) is 0 Å². The van der Waals surface area contributed by atoms with Crippen molar-refractivity contribution < 1.29 is 19.2 Å². The van der Waals surface area contributed by atoms with Crippen molar-refractivity contribution in [2.75, 3.05) is 19.0 Å². The van der Waals surface area contributed by atoms with Crippen LogP contribution in [0.3, 0.4) is 0 Å². The summed E-state index contributed by atoms with van der Waals surface area (Å²) in [5, 5.41) is 14.4. The molecule has 0 saturated heterocycles. The number of aryl methyl sites for hydroxylation is 1. The first kappa shape index (κ1) is 18.5. The summed E-state index contributed by atoms with van der Waals surface area (Å²) >= 11 is 5.94. The summed E-state index contributed by atoms with van der Waals surface area (Å²) in [6, 6.07) is 7.48. The molecule has 2 aromatic rings. The van der Waals surface area contributed by atoms with Gasteiger partial charge in [0, 0.05) is 16.8 Å². The van der Waals surface area contributed by atoms with E-state index < -0.39 is 10.8 Å². The Morgan fingerprint density at radius 3 is 2.60 bits per heavy atom. The third kappa shape index (κ3) is 4.19. The highest BCUT2D eigenvalue weighted by Gasteiger charge is 2.25. The number of ether oxygens (including phenoxy) is 2. The second-order valence-corrected chi connectivity index (χ2v) is 5.56. The lowest BCUT2D eigenvalue weighted by atomic mass is 10.1. The van der Waals surface area contributed by atoms with Gasteiger partial charge in [-0.1, -0.05) is 17.7 Å². The molecular formula is C17H17ClN2O5. The highest BCUT2D eigenvalue weighted by Crippen LogP contribution is 2.35. The van der Waals surface area contributed by atoms with E-state index in [0.29, 0.717) is 17.3 Å². The second kappa shape index (κ2) is 7.85. The third-order valence-electron chi connectivity index (χ3n) is 3.47. The van der Waals surface area contributed by atoms with Crippen LogP contribution in [0.5, 0.6) is 11.5 Å². The van der Waals surface area contributed by atoms with E-state index in [1.165, 1.54) is 19.2 Å². The van der Waals surface area contributed by atoms with E-state index in [0.717, 1.165) is 5.56 Å². The number of nitro groups is 1. The van der Waals surface area contributed by atoms with Crippen molar-refractivity contribution in [2.24, 2.45) is 0 Å². The van der Waals surface area contributed by atoms with Gasteiger partial charge in [-0.2, -0.15) is 0 Å². The molecule has 2 aromatic carbocycles. The first-order valence-electron chi connectivity index (χ1n) is 7.44. The Morgan fingerprint density at radius 1 is 1.28 bits per heavy atom. The van der Waals surface area contributed by atoms with Crippen molar-refractivity contribution in [3.63, 3.8) is 0 Å². The summed E-state index contributed by atoms with van der Waals surface area (Å²) in [7, 11) is 1.40. The lowest BCUT2D eigenvalue weighted by molar-refractivity contribution is -0.385. The van der Waals surface area contributed by atoms with Crippen LogP contribution in [0.15, 0.2) is 30.3 Å². The number of rotatable bonds is 6. The zero-order valence-electron chi connectivity index (χ0n) is 14.0. The first-order valence-corrected chi connectivity index (χ1v) is 7.81. The van der Waals surface area contributed by atoms with Gasteiger partial charge in [-0.05, 0) is 31.5 Å². The highest BCUT2D eigenvalue weighted by atomic mass is 35.5. The van der Waals surface area contributed by atoms with Crippen molar-refractivity contribution in [3.05, 3.63) is 56.6 Å². The topological polar surface area (TPSA) is 90.7 Å². The minimum absolute atomic E-state index is 0.135. The fourth-order valence-corrected chi connectivity index (χ4v) is 2.40. The van der Waals surface area contributed by atoms with Crippen LogP contribution in [-0.4, -0.2) is 24.5 Å². The molecule has 0 bridgehead atoms. The lowest BCUT2D eigenvalue weighted by Crippen LogP contribution is -2.15. The Balaban J connectivity index is 2.47. The summed E-state index contributed by atoms with van der Waals surface area (Å²) in [4.78, 5) is 23.3. The van der Waals surface area contributed by atoms with Crippen LogP contribution >= 0.6 is 11.6 Å². The number of hydrogen-bond donors (Lipinski definition) is 1. The molecule has 1 N–H and O–H groups in total. The SMILES string of the molecule is CCOc1cc([N+](=O)[O-])c(C(=O)Nc2cc(Cl)ccc2C)cc1OC. The number of carbonyl (C=O) groups is 1. The number of anilines is 1. The molecule has 0 heterocycles. The van der Waals surface area contributed by atoms with E-state index >= 15 is 0 Å². The number of nitrogens with one attached hydrogen (secondary N) is 1. The van der Waals surface area contributed by atoms with Crippen molar-refractivity contribution in [1.82, 2.24) is 0 Å². The molecule has 2 rings (SSSR count). The number of hydrogen-bond acceptors (Lipinski definition) is 5. The van der Waals surface area contributed by atoms with Crippen LogP contribution in [-0.2, 0) is 0 Å². The fourth-order valence-electron chi connectivity index (χ4n) is 2.23. The van der Waals surface area contributed by atoms with Crippen molar-refractivity contribution >= 4 is 28.9 Å². The molecule has 0 saturated carbocycles. The standard InChI is InChI=1S/C17H17ClN2O5/c1-4-25-16-9-14(20(22)23)12(8-15(16)24-3)17(21)19-13-7-11(18)6-5-10(13)2/h5-9H,4H2,1-3H3,(H,19,21). The molecular weight excluding hydrogens is 348 g/mol. The van der Waals surface area contributed by atoms with Crippen LogP contribution in [0.2, 0.25) is 5.02 Å². The van der Waals surface area contributed by atoms with E-state index in [1.807, 2.05) is 0 Å². The monoisotopic (exact) mass is 364 g/mol. The molecule has 0 aromatic heterocycles. The fraction of sp³-hybridized carbons (Fsp3) is 0.235. The number of benzene rings is 2. The Bertz CT molecular complexity index is 823. The van der Waals surface area contributed by atoms with Gasteiger partial charge in [-0.25, -0.2) is 0 Å². The number of methoxy groups -OCH3 is 1. The van der Waals surface area contributed by atoms with Gasteiger partial charge in [0.05, 0.1) is 24.7 Å². The van der Waals surface area contributed by atoms with Gasteiger partial charge in [0.15, 0.2) is 11.5 Å². The molecule has 0 aliphatic rings. The molecule has 0 spiro atoms. The predicted molar refractivity (Wildman–Crippen MR) is 95.0 cm³/mol. The van der Waals surface area contributed by atoms with Crippen LogP contribution < -0.4 is 14.8 Å².